The van der Waals surface area contributed by atoms with Crippen molar-refractivity contribution in [2.24, 2.45) is 0 Å². The minimum atomic E-state index is -0.313. The molecule has 0 saturated carbocycles. The van der Waals surface area contributed by atoms with Crippen molar-refractivity contribution in [2.45, 2.75) is 0 Å². The van der Waals surface area contributed by atoms with Crippen LogP contribution in [0.25, 0.3) is 0 Å². The lowest BCUT2D eigenvalue weighted by atomic mass is 10.2. The first-order chi connectivity index (χ1) is 9.22. The molecule has 5 nitrogen and oxygen atoms in total. The fraction of sp³-hybridized carbons (Fsp3) is 0.0714. The first kappa shape index (κ1) is 12.6. The van der Waals surface area contributed by atoms with E-state index in [1.165, 1.54) is 0 Å². The average molecular weight is 252 g/mol. The zero-order valence-electron chi connectivity index (χ0n) is 10.3. The van der Waals surface area contributed by atoms with Crippen LogP contribution in [0.1, 0.15) is 16.1 Å². The van der Waals surface area contributed by atoms with Crippen LogP contribution in [0.2, 0.25) is 0 Å². The topological polar surface area (TPSA) is 77.8 Å². The van der Waals surface area contributed by atoms with Crippen molar-refractivity contribution in [1.82, 2.24) is 4.98 Å². The van der Waals surface area contributed by atoms with Gasteiger partial charge in [-0.15, -0.1) is 0 Å². The molecule has 2 rings (SSSR count). The van der Waals surface area contributed by atoms with Crippen LogP contribution in [-0.4, -0.2) is 17.9 Å². The van der Waals surface area contributed by atoms with Gasteiger partial charge in [0.15, 0.2) is 0 Å². The molecule has 0 radical (unpaired) electrons. The molecule has 0 spiro atoms. The van der Waals surface area contributed by atoms with Gasteiger partial charge in [-0.3, -0.25) is 9.78 Å². The van der Waals surface area contributed by atoms with Gasteiger partial charge in [0.2, 0.25) is 0 Å². The highest BCUT2D eigenvalue weighted by molar-refractivity contribution is 6.03. The molecule has 2 aromatic rings. The Morgan fingerprint density at radius 1 is 1.26 bits per heavy atom. The van der Waals surface area contributed by atoms with Crippen LogP contribution in [0, 0.1) is 11.3 Å². The third-order valence-corrected chi connectivity index (χ3v) is 2.53. The molecule has 1 aromatic heterocycles. The number of pyridine rings is 1. The van der Waals surface area contributed by atoms with Gasteiger partial charge in [-0.05, 0) is 30.3 Å². The predicted molar refractivity (Wildman–Crippen MR) is 72.9 cm³/mol. The van der Waals surface area contributed by atoms with Gasteiger partial charge in [0.25, 0.3) is 5.91 Å². The zero-order valence-corrected chi connectivity index (χ0v) is 10.3. The number of hydrogen-bond donors (Lipinski definition) is 2. The smallest absolute Gasteiger partial charge is 0.274 e. The largest absolute Gasteiger partial charge is 0.388 e. The highest BCUT2D eigenvalue weighted by Gasteiger charge is 2.08. The van der Waals surface area contributed by atoms with Crippen molar-refractivity contribution >= 4 is 17.3 Å². The summed E-state index contributed by atoms with van der Waals surface area (Å²) in [6.45, 7) is 0. The van der Waals surface area contributed by atoms with Crippen LogP contribution in [-0.2, 0) is 0 Å². The van der Waals surface area contributed by atoms with E-state index in [9.17, 15) is 4.79 Å². The number of anilines is 2. The maximum atomic E-state index is 12.0. The fourth-order valence-corrected chi connectivity index (χ4v) is 1.57. The number of benzene rings is 1. The maximum Gasteiger partial charge on any atom is 0.274 e. The highest BCUT2D eigenvalue weighted by atomic mass is 16.1. The van der Waals surface area contributed by atoms with Crippen molar-refractivity contribution < 1.29 is 4.79 Å². The molecular formula is C14H12N4O. The zero-order chi connectivity index (χ0) is 13.7. The Hall–Kier alpha value is -2.87. The van der Waals surface area contributed by atoms with E-state index < -0.39 is 0 Å². The van der Waals surface area contributed by atoms with Gasteiger partial charge >= 0.3 is 0 Å². The van der Waals surface area contributed by atoms with Crippen molar-refractivity contribution in [1.29, 1.82) is 5.26 Å². The first-order valence-corrected chi connectivity index (χ1v) is 5.68. The van der Waals surface area contributed by atoms with Crippen LogP contribution in [0.4, 0.5) is 11.4 Å². The van der Waals surface area contributed by atoms with Crippen LogP contribution in [0.5, 0.6) is 0 Å². The molecule has 0 aliphatic carbocycles. The predicted octanol–water partition coefficient (Wildman–Crippen LogP) is 2.25. The molecule has 0 aliphatic rings. The molecule has 0 aliphatic heterocycles. The Morgan fingerprint density at radius 2 is 2.11 bits per heavy atom. The van der Waals surface area contributed by atoms with Crippen LogP contribution < -0.4 is 10.6 Å². The summed E-state index contributed by atoms with van der Waals surface area (Å²) >= 11 is 0. The number of carbonyl (C=O) groups is 1. The second-order valence-electron chi connectivity index (χ2n) is 3.83. The SMILES string of the molecule is CNc1ccnc(C(=O)Nc2cccc(C#N)c2)c1. The third-order valence-electron chi connectivity index (χ3n) is 2.53. The lowest BCUT2D eigenvalue weighted by molar-refractivity contribution is 0.102. The molecule has 1 amide bonds. The van der Waals surface area contributed by atoms with Gasteiger partial charge in [-0.25, -0.2) is 0 Å². The van der Waals surface area contributed by atoms with Crippen LogP contribution in [0.15, 0.2) is 42.6 Å². The number of nitrogens with one attached hydrogen (secondary N) is 2. The molecule has 0 unspecified atom stereocenters. The fourth-order valence-electron chi connectivity index (χ4n) is 1.57. The molecule has 19 heavy (non-hydrogen) atoms. The molecule has 5 heteroatoms. The van der Waals surface area contributed by atoms with E-state index in [4.69, 9.17) is 5.26 Å². The second kappa shape index (κ2) is 5.65. The number of rotatable bonds is 3. The van der Waals surface area contributed by atoms with Gasteiger partial charge in [-0.1, -0.05) is 6.07 Å². The quantitative estimate of drug-likeness (QED) is 0.878. The van der Waals surface area contributed by atoms with E-state index in [1.807, 2.05) is 6.07 Å². The average Bonchev–Trinajstić information content (AvgIpc) is 2.47. The lowest BCUT2D eigenvalue weighted by Crippen LogP contribution is -2.13. The summed E-state index contributed by atoms with van der Waals surface area (Å²) in [5, 5.41) is 14.4. The van der Waals surface area contributed by atoms with Gasteiger partial charge < -0.3 is 10.6 Å². The molecule has 94 valence electrons. The first-order valence-electron chi connectivity index (χ1n) is 5.68. The van der Waals surface area contributed by atoms with Crippen molar-refractivity contribution in [3.05, 3.63) is 53.9 Å². The second-order valence-corrected chi connectivity index (χ2v) is 3.83. The molecule has 0 bridgehead atoms. The Labute approximate surface area is 110 Å². The lowest BCUT2D eigenvalue weighted by Gasteiger charge is -2.06. The summed E-state index contributed by atoms with van der Waals surface area (Å²) in [5.41, 5.74) is 2.19. The summed E-state index contributed by atoms with van der Waals surface area (Å²) < 4.78 is 0. The normalized spacial score (nSPS) is 9.47. The van der Waals surface area contributed by atoms with E-state index in [0.717, 1.165) is 5.69 Å². The summed E-state index contributed by atoms with van der Waals surface area (Å²) in [5.74, 6) is -0.313. The molecule has 0 saturated heterocycles. The molecular weight excluding hydrogens is 240 g/mol. The number of carbonyl (C=O) groups excluding carboxylic acids is 1. The van der Waals surface area contributed by atoms with E-state index >= 15 is 0 Å². The Kier molecular flexibility index (Phi) is 3.74. The van der Waals surface area contributed by atoms with E-state index in [-0.39, 0.29) is 5.91 Å². The summed E-state index contributed by atoms with van der Waals surface area (Å²) in [6, 6.07) is 12.2. The Balaban J connectivity index is 2.18. The third kappa shape index (κ3) is 3.07. The summed E-state index contributed by atoms with van der Waals surface area (Å²) in [7, 11) is 1.77. The number of nitriles is 1. The maximum absolute atomic E-state index is 12.0. The van der Waals surface area contributed by atoms with Crippen molar-refractivity contribution in [2.75, 3.05) is 17.7 Å². The molecule has 1 heterocycles. The molecule has 2 N–H and O–H groups in total. The van der Waals surface area contributed by atoms with Crippen molar-refractivity contribution in [3.63, 3.8) is 0 Å². The Bertz CT molecular complexity index is 646. The standard InChI is InChI=1S/C14H12N4O/c1-16-11-5-6-17-13(8-11)14(19)18-12-4-2-3-10(7-12)9-15/h2-8H,1H3,(H,16,17)(H,18,19). The van der Waals surface area contributed by atoms with Gasteiger partial charge in [0, 0.05) is 24.6 Å². The molecule has 0 atom stereocenters. The number of nitrogens with zero attached hydrogens (tertiary/aromatic N) is 2. The summed E-state index contributed by atoms with van der Waals surface area (Å²) in [6.07, 6.45) is 1.56. The van der Waals surface area contributed by atoms with Gasteiger partial charge in [0.1, 0.15) is 5.69 Å². The van der Waals surface area contributed by atoms with E-state index in [2.05, 4.69) is 15.6 Å². The van der Waals surface area contributed by atoms with E-state index in [0.29, 0.717) is 16.9 Å². The van der Waals surface area contributed by atoms with Crippen LogP contribution in [0.3, 0.4) is 0 Å². The van der Waals surface area contributed by atoms with E-state index in [1.54, 1.807) is 49.6 Å². The monoisotopic (exact) mass is 252 g/mol. The van der Waals surface area contributed by atoms with Gasteiger partial charge in [-0.2, -0.15) is 5.26 Å². The van der Waals surface area contributed by atoms with Crippen LogP contribution >= 0.6 is 0 Å². The Morgan fingerprint density at radius 3 is 2.84 bits per heavy atom. The highest BCUT2D eigenvalue weighted by Crippen LogP contribution is 2.12. The number of hydrogen-bond acceptors (Lipinski definition) is 4. The number of aromatic nitrogens is 1. The minimum Gasteiger partial charge on any atom is -0.388 e. The number of amides is 1. The summed E-state index contributed by atoms with van der Waals surface area (Å²) in [4.78, 5) is 16.0. The minimum absolute atomic E-state index is 0.313. The van der Waals surface area contributed by atoms with Crippen molar-refractivity contribution in [3.8, 4) is 6.07 Å². The van der Waals surface area contributed by atoms with Gasteiger partial charge in [0.05, 0.1) is 11.6 Å². The molecule has 1 aromatic carbocycles. The molecule has 0 fully saturated rings.